The third-order valence-electron chi connectivity index (χ3n) is 3.07. The van der Waals surface area contributed by atoms with E-state index in [1.54, 1.807) is 83.1 Å². The zero-order chi connectivity index (χ0) is 25.1. The van der Waals surface area contributed by atoms with Crippen LogP contribution < -0.4 is 0 Å². The minimum atomic E-state index is -3.81. The van der Waals surface area contributed by atoms with Gasteiger partial charge in [0.15, 0.2) is 0 Å². The summed E-state index contributed by atoms with van der Waals surface area (Å²) in [4.78, 5) is 12.6. The van der Waals surface area contributed by atoms with Gasteiger partial charge < -0.3 is 22.8 Å². The Balaban J connectivity index is 6.18. The minimum Gasteiger partial charge on any atom is -0.469 e. The molecular formula is C21H44O8P2. The highest BCUT2D eigenvalue weighted by Gasteiger charge is 2.45. The van der Waals surface area contributed by atoms with Crippen molar-refractivity contribution < 1.29 is 36.8 Å². The monoisotopic (exact) mass is 486 g/mol. The summed E-state index contributed by atoms with van der Waals surface area (Å²) in [6, 6.07) is 0. The van der Waals surface area contributed by atoms with Gasteiger partial charge >= 0.3 is 21.2 Å². The summed E-state index contributed by atoms with van der Waals surface area (Å²) in [5.74, 6) is -1.78. The summed E-state index contributed by atoms with van der Waals surface area (Å²) in [6.45, 7) is 20.9. The van der Waals surface area contributed by atoms with E-state index in [2.05, 4.69) is 0 Å². The standard InChI is InChI=1S/C21H44O8P2/c1-18(2,3)26-30(23,27-19(4,5)6)14-16(17(22)25-13)15-31(24,28-20(7,8)9)29-21(10,11)12/h16H,14-15H2,1-13H3. The van der Waals surface area contributed by atoms with Gasteiger partial charge in [0.2, 0.25) is 0 Å². The molecule has 10 heteroatoms. The lowest BCUT2D eigenvalue weighted by Gasteiger charge is -2.35. The predicted molar refractivity (Wildman–Crippen MR) is 124 cm³/mol. The van der Waals surface area contributed by atoms with Crippen molar-refractivity contribution in [3.63, 3.8) is 0 Å². The molecule has 0 bridgehead atoms. The summed E-state index contributed by atoms with van der Waals surface area (Å²) < 4.78 is 55.5. The van der Waals surface area contributed by atoms with E-state index in [0.717, 1.165) is 0 Å². The van der Waals surface area contributed by atoms with Crippen molar-refractivity contribution in [2.45, 2.75) is 105 Å². The molecule has 0 unspecified atom stereocenters. The van der Waals surface area contributed by atoms with E-state index < -0.39 is 49.5 Å². The van der Waals surface area contributed by atoms with Crippen LogP contribution >= 0.6 is 15.2 Å². The van der Waals surface area contributed by atoms with E-state index in [-0.39, 0.29) is 12.3 Å². The lowest BCUT2D eigenvalue weighted by atomic mass is 10.2. The molecule has 0 heterocycles. The van der Waals surface area contributed by atoms with Gasteiger partial charge in [0.25, 0.3) is 0 Å². The zero-order valence-corrected chi connectivity index (χ0v) is 23.4. The molecule has 0 spiro atoms. The number of carbonyl (C=O) groups excluding carboxylic acids is 1. The van der Waals surface area contributed by atoms with Crippen LogP contribution in [0.1, 0.15) is 83.1 Å². The number of hydrogen-bond donors (Lipinski definition) is 0. The highest BCUT2D eigenvalue weighted by Crippen LogP contribution is 2.60. The Morgan fingerprint density at radius 3 is 1.00 bits per heavy atom. The maximum Gasteiger partial charge on any atom is 0.332 e. The first-order valence-corrected chi connectivity index (χ1v) is 13.9. The Hall–Kier alpha value is -0.230. The molecule has 8 nitrogen and oxygen atoms in total. The van der Waals surface area contributed by atoms with Crippen molar-refractivity contribution in [3.8, 4) is 0 Å². The van der Waals surface area contributed by atoms with Gasteiger partial charge in [0.05, 0.1) is 47.8 Å². The first-order chi connectivity index (χ1) is 13.4. The number of carbonyl (C=O) groups is 1. The SMILES string of the molecule is COC(=O)C(CP(=O)(OC(C)(C)C)OC(C)(C)C)CP(=O)(OC(C)(C)C)OC(C)(C)C. The van der Waals surface area contributed by atoms with Gasteiger partial charge in [-0.1, -0.05) is 0 Å². The maximum absolute atomic E-state index is 13.7. The van der Waals surface area contributed by atoms with Crippen molar-refractivity contribution in [1.29, 1.82) is 0 Å². The van der Waals surface area contributed by atoms with Crippen LogP contribution in [0.3, 0.4) is 0 Å². The first-order valence-electron chi connectivity index (χ1n) is 10.5. The average molecular weight is 487 g/mol. The van der Waals surface area contributed by atoms with Crippen LogP contribution in [-0.4, -0.2) is 47.8 Å². The van der Waals surface area contributed by atoms with Gasteiger partial charge in [-0.15, -0.1) is 0 Å². The first kappa shape index (κ1) is 30.8. The van der Waals surface area contributed by atoms with Crippen LogP contribution in [0, 0.1) is 5.92 Å². The van der Waals surface area contributed by atoms with Crippen molar-refractivity contribution in [2.75, 3.05) is 19.4 Å². The second-order valence-electron chi connectivity index (χ2n) is 11.6. The van der Waals surface area contributed by atoms with Crippen molar-refractivity contribution >= 4 is 21.2 Å². The molecule has 0 aromatic rings. The number of esters is 1. The summed E-state index contributed by atoms with van der Waals surface area (Å²) in [7, 11) is -6.40. The Kier molecular flexibility index (Phi) is 10.3. The Morgan fingerprint density at radius 2 is 0.839 bits per heavy atom. The van der Waals surface area contributed by atoms with E-state index in [4.69, 9.17) is 22.8 Å². The third-order valence-corrected chi connectivity index (χ3v) is 8.15. The van der Waals surface area contributed by atoms with Crippen molar-refractivity contribution in [3.05, 3.63) is 0 Å². The molecule has 0 fully saturated rings. The van der Waals surface area contributed by atoms with Gasteiger partial charge in [0, 0.05) is 0 Å². The van der Waals surface area contributed by atoms with E-state index in [1.807, 2.05) is 0 Å². The fourth-order valence-corrected chi connectivity index (χ4v) is 8.32. The van der Waals surface area contributed by atoms with Crippen LogP contribution in [-0.2, 0) is 36.8 Å². The molecule has 0 N–H and O–H groups in total. The Labute approximate surface area is 189 Å². The van der Waals surface area contributed by atoms with Gasteiger partial charge in [-0.3, -0.25) is 13.9 Å². The smallest absolute Gasteiger partial charge is 0.332 e. The fraction of sp³-hybridized carbons (Fsp3) is 0.952. The average Bonchev–Trinajstić information content (AvgIpc) is 2.35. The number of ether oxygens (including phenoxy) is 1. The lowest BCUT2D eigenvalue weighted by Crippen LogP contribution is -2.32. The number of rotatable bonds is 9. The van der Waals surface area contributed by atoms with Crippen LogP contribution in [0.4, 0.5) is 0 Å². The largest absolute Gasteiger partial charge is 0.469 e. The molecule has 0 aromatic heterocycles. The van der Waals surface area contributed by atoms with E-state index in [9.17, 15) is 13.9 Å². The minimum absolute atomic E-state index is 0.320. The van der Waals surface area contributed by atoms with Gasteiger partial charge in [0.1, 0.15) is 0 Å². The molecule has 0 aliphatic heterocycles. The molecule has 0 atom stereocenters. The molecule has 0 radical (unpaired) electrons. The second kappa shape index (κ2) is 10.4. The van der Waals surface area contributed by atoms with Crippen molar-refractivity contribution in [1.82, 2.24) is 0 Å². The topological polar surface area (TPSA) is 97.4 Å². The molecule has 0 aromatic carbocycles. The van der Waals surface area contributed by atoms with E-state index >= 15 is 0 Å². The molecular weight excluding hydrogens is 442 g/mol. The molecule has 0 amide bonds. The summed E-state index contributed by atoms with van der Waals surface area (Å²) >= 11 is 0. The summed E-state index contributed by atoms with van der Waals surface area (Å²) in [6.07, 6.45) is -0.640. The molecule has 0 saturated heterocycles. The maximum atomic E-state index is 13.7. The molecule has 0 aliphatic carbocycles. The highest BCUT2D eigenvalue weighted by molar-refractivity contribution is 7.55. The van der Waals surface area contributed by atoms with Crippen LogP contribution in [0.25, 0.3) is 0 Å². The fourth-order valence-electron chi connectivity index (χ4n) is 2.77. The van der Waals surface area contributed by atoms with Crippen LogP contribution in [0.5, 0.6) is 0 Å². The second-order valence-corrected chi connectivity index (χ2v) is 15.5. The Bertz CT molecular complexity index is 598. The summed E-state index contributed by atoms with van der Waals surface area (Å²) in [5, 5.41) is 0. The summed E-state index contributed by atoms with van der Waals surface area (Å²) in [5.41, 5.74) is -3.19. The van der Waals surface area contributed by atoms with Crippen molar-refractivity contribution in [2.24, 2.45) is 5.92 Å². The molecule has 0 aliphatic rings. The highest BCUT2D eigenvalue weighted by atomic mass is 31.2. The molecule has 0 rings (SSSR count). The predicted octanol–water partition coefficient (Wildman–Crippen LogP) is 6.42. The molecule has 186 valence electrons. The normalized spacial score (nSPS) is 14.8. The molecule has 31 heavy (non-hydrogen) atoms. The van der Waals surface area contributed by atoms with E-state index in [0.29, 0.717) is 0 Å². The van der Waals surface area contributed by atoms with Crippen LogP contribution in [0.15, 0.2) is 0 Å². The third kappa shape index (κ3) is 14.5. The number of methoxy groups -OCH3 is 1. The lowest BCUT2D eigenvalue weighted by molar-refractivity contribution is -0.144. The zero-order valence-electron chi connectivity index (χ0n) is 21.7. The molecule has 0 saturated carbocycles. The van der Waals surface area contributed by atoms with Crippen LogP contribution in [0.2, 0.25) is 0 Å². The van der Waals surface area contributed by atoms with Gasteiger partial charge in [-0.25, -0.2) is 0 Å². The quantitative estimate of drug-likeness (QED) is 0.272. The number of hydrogen-bond acceptors (Lipinski definition) is 8. The van der Waals surface area contributed by atoms with Gasteiger partial charge in [-0.2, -0.15) is 0 Å². The van der Waals surface area contributed by atoms with Gasteiger partial charge in [-0.05, 0) is 83.1 Å². The Morgan fingerprint density at radius 1 is 0.613 bits per heavy atom. The van der Waals surface area contributed by atoms with E-state index in [1.165, 1.54) is 7.11 Å².